The summed E-state index contributed by atoms with van der Waals surface area (Å²) in [6, 6.07) is 46.3. The number of ketones is 1. The third-order valence-electron chi connectivity index (χ3n) is 9.01. The number of para-hydroxylation sites is 1. The largest absolute Gasteiger partial charge is 0.296 e. The van der Waals surface area contributed by atoms with E-state index in [9.17, 15) is 4.79 Å². The van der Waals surface area contributed by atoms with Crippen LogP contribution in [0.15, 0.2) is 133 Å². The number of carbonyl (C=O) groups is 1. The van der Waals surface area contributed by atoms with Crippen LogP contribution in [0.25, 0.3) is 10.8 Å². The Morgan fingerprint density at radius 1 is 0.756 bits per heavy atom. The van der Waals surface area contributed by atoms with Crippen molar-refractivity contribution in [3.05, 3.63) is 150 Å². The number of carbonyl (C=O) groups excluding carboxylic acids is 1. The van der Waals surface area contributed by atoms with Crippen LogP contribution in [0.5, 0.6) is 0 Å². The fourth-order valence-electron chi connectivity index (χ4n) is 6.94. The molecule has 2 saturated heterocycles. The number of hydrogen-bond acceptors (Lipinski definition) is 4. The monoisotopic (exact) mass is 538 g/mol. The van der Waals surface area contributed by atoms with Crippen molar-refractivity contribution in [2.75, 3.05) is 18.2 Å². The first-order valence-corrected chi connectivity index (χ1v) is 14.5. The van der Waals surface area contributed by atoms with Gasteiger partial charge < -0.3 is 0 Å². The molecule has 0 radical (unpaired) electrons. The number of hydrogen-bond donors (Lipinski definition) is 0. The molecule has 0 unspecified atom stereocenters. The molecule has 5 aromatic carbocycles. The molecule has 0 amide bonds. The molecule has 4 atom stereocenters. The molecule has 1 spiro atoms. The van der Waals surface area contributed by atoms with E-state index in [2.05, 4.69) is 121 Å². The topological polar surface area (TPSA) is 32.8 Å². The van der Waals surface area contributed by atoms with E-state index in [1.807, 2.05) is 29.3 Å². The van der Waals surface area contributed by atoms with E-state index in [-0.39, 0.29) is 23.8 Å². The van der Waals surface area contributed by atoms with Crippen LogP contribution in [0.2, 0.25) is 0 Å². The molecule has 0 N–H and O–H groups in total. The minimum atomic E-state index is -1.05. The molecule has 0 saturated carbocycles. The van der Waals surface area contributed by atoms with Gasteiger partial charge in [0.2, 0.25) is 0 Å². The minimum Gasteiger partial charge on any atom is -0.296 e. The molecule has 2 heterocycles. The summed E-state index contributed by atoms with van der Waals surface area (Å²) in [5.74, 6) is -0.0548. The Morgan fingerprint density at radius 3 is 2.15 bits per heavy atom. The Kier molecular flexibility index (Phi) is 6.66. The smallest absolute Gasteiger partial charge is 0.176 e. The number of piperidine rings is 1. The van der Waals surface area contributed by atoms with Gasteiger partial charge in [-0.2, -0.15) is 0 Å². The van der Waals surface area contributed by atoms with Gasteiger partial charge in [-0.25, -0.2) is 5.06 Å². The van der Waals surface area contributed by atoms with Crippen LogP contribution in [0.1, 0.15) is 48.0 Å². The molecule has 2 fully saturated rings. The van der Waals surface area contributed by atoms with E-state index in [0.29, 0.717) is 19.5 Å². The molecule has 4 nitrogen and oxygen atoms in total. The highest BCUT2D eigenvalue weighted by molar-refractivity contribution is 5.93. The number of rotatable bonds is 5. The second-order valence-electron chi connectivity index (χ2n) is 11.3. The average molecular weight is 539 g/mol. The second-order valence-corrected chi connectivity index (χ2v) is 11.3. The first kappa shape index (κ1) is 25.7. The van der Waals surface area contributed by atoms with E-state index < -0.39 is 5.60 Å². The summed E-state index contributed by atoms with van der Waals surface area (Å²) < 4.78 is 0. The van der Waals surface area contributed by atoms with E-state index in [1.54, 1.807) is 0 Å². The molecule has 4 heteroatoms. The lowest BCUT2D eigenvalue weighted by Gasteiger charge is -2.43. The maximum absolute atomic E-state index is 14.4. The molecule has 0 aliphatic carbocycles. The summed E-state index contributed by atoms with van der Waals surface area (Å²) in [6.07, 6.45) is 0.447. The van der Waals surface area contributed by atoms with Gasteiger partial charge >= 0.3 is 0 Å². The highest BCUT2D eigenvalue weighted by Gasteiger charge is 2.62. The molecule has 2 aliphatic rings. The lowest BCUT2D eigenvalue weighted by Crippen LogP contribution is -2.58. The fourth-order valence-corrected chi connectivity index (χ4v) is 6.94. The van der Waals surface area contributed by atoms with Crippen molar-refractivity contribution in [2.24, 2.45) is 0 Å². The fraction of sp³-hybridized carbons (Fsp3) is 0.216. The molecule has 0 bridgehead atoms. The number of benzene rings is 5. The molecule has 7 rings (SSSR count). The van der Waals surface area contributed by atoms with Crippen molar-refractivity contribution in [1.29, 1.82) is 0 Å². The molecule has 204 valence electrons. The van der Waals surface area contributed by atoms with Gasteiger partial charge in [0.05, 0.1) is 17.6 Å². The Hall–Kier alpha value is -4.25. The highest BCUT2D eigenvalue weighted by atomic mass is 16.7. The van der Waals surface area contributed by atoms with Gasteiger partial charge in [-0.1, -0.05) is 121 Å². The van der Waals surface area contributed by atoms with Crippen molar-refractivity contribution in [3.63, 3.8) is 0 Å². The first-order chi connectivity index (χ1) is 20.2. The lowest BCUT2D eigenvalue weighted by molar-refractivity contribution is -0.151. The minimum absolute atomic E-state index is 0.152. The average Bonchev–Trinajstić information content (AvgIpc) is 3.38. The number of fused-ring (bicyclic) bond motifs is 1. The number of nitrogens with zero attached hydrogens (tertiary/aromatic N) is 2. The Bertz CT molecular complexity index is 1650. The van der Waals surface area contributed by atoms with Crippen LogP contribution in [0, 0.1) is 0 Å². The molecular formula is C37H34N2O2. The standard InChI is InChI=1S/C37H34N2O2/c1-27(28-14-5-2-6-15-28)38-25-24-34(40)37(26-38)35(33-23-13-19-29-16-11-12-22-32(29)33)36(30-17-7-3-8-18-30)39(41-37)31-20-9-4-10-21-31/h2-23,27,35-36H,24-26H2,1H3/t27-,35-,36+,37+/m1/s1. The molecule has 5 aromatic rings. The molecule has 41 heavy (non-hydrogen) atoms. The maximum atomic E-state index is 14.4. The number of hydroxylamine groups is 1. The summed E-state index contributed by atoms with van der Waals surface area (Å²) in [5.41, 5.74) is 3.42. The van der Waals surface area contributed by atoms with E-state index in [0.717, 1.165) is 16.8 Å². The van der Waals surface area contributed by atoms with E-state index in [1.165, 1.54) is 16.3 Å². The quantitative estimate of drug-likeness (QED) is 0.228. The van der Waals surface area contributed by atoms with Gasteiger partial charge in [-0.05, 0) is 46.5 Å². The van der Waals surface area contributed by atoms with Crippen LogP contribution in [0.4, 0.5) is 5.69 Å². The summed E-state index contributed by atoms with van der Waals surface area (Å²) in [7, 11) is 0. The zero-order chi connectivity index (χ0) is 27.8. The summed E-state index contributed by atoms with van der Waals surface area (Å²) >= 11 is 0. The Morgan fingerprint density at radius 2 is 1.39 bits per heavy atom. The van der Waals surface area contributed by atoms with Gasteiger partial charge in [-0.3, -0.25) is 14.5 Å². The Labute approximate surface area is 241 Å². The van der Waals surface area contributed by atoms with E-state index in [4.69, 9.17) is 4.84 Å². The van der Waals surface area contributed by atoms with Crippen LogP contribution in [0.3, 0.4) is 0 Å². The molecule has 2 aliphatic heterocycles. The van der Waals surface area contributed by atoms with E-state index >= 15 is 0 Å². The summed E-state index contributed by atoms with van der Waals surface area (Å²) in [5, 5.41) is 4.36. The predicted octanol–water partition coefficient (Wildman–Crippen LogP) is 7.89. The summed E-state index contributed by atoms with van der Waals surface area (Å²) in [4.78, 5) is 24.0. The van der Waals surface area contributed by atoms with Gasteiger partial charge in [0.25, 0.3) is 0 Å². The van der Waals surface area contributed by atoms with Gasteiger partial charge in [0.15, 0.2) is 11.4 Å². The van der Waals surface area contributed by atoms with Crippen molar-refractivity contribution in [3.8, 4) is 0 Å². The van der Waals surface area contributed by atoms with Crippen LogP contribution in [-0.2, 0) is 9.63 Å². The number of likely N-dealkylation sites (tertiary alicyclic amines) is 1. The van der Waals surface area contributed by atoms with Crippen LogP contribution >= 0.6 is 0 Å². The third kappa shape index (κ3) is 4.44. The molecular weight excluding hydrogens is 504 g/mol. The third-order valence-corrected chi connectivity index (χ3v) is 9.01. The van der Waals surface area contributed by atoms with Crippen LogP contribution < -0.4 is 5.06 Å². The zero-order valence-corrected chi connectivity index (χ0v) is 23.3. The van der Waals surface area contributed by atoms with Crippen molar-refractivity contribution in [1.82, 2.24) is 4.90 Å². The van der Waals surface area contributed by atoms with Crippen LogP contribution in [-0.4, -0.2) is 29.4 Å². The number of anilines is 1. The molecule has 0 aromatic heterocycles. The normalized spacial score (nSPS) is 23.7. The second kappa shape index (κ2) is 10.6. The summed E-state index contributed by atoms with van der Waals surface area (Å²) in [6.45, 7) is 3.47. The first-order valence-electron chi connectivity index (χ1n) is 14.5. The van der Waals surface area contributed by atoms with Gasteiger partial charge in [0.1, 0.15) is 0 Å². The van der Waals surface area contributed by atoms with Gasteiger partial charge in [-0.15, -0.1) is 0 Å². The predicted molar refractivity (Wildman–Crippen MR) is 165 cm³/mol. The van der Waals surface area contributed by atoms with Crippen molar-refractivity contribution in [2.45, 2.75) is 36.9 Å². The Balaban J connectivity index is 1.44. The zero-order valence-electron chi connectivity index (χ0n) is 23.3. The maximum Gasteiger partial charge on any atom is 0.176 e. The SMILES string of the molecule is C[C@H](c1ccccc1)N1CCC(=O)[C@]2(C1)ON(c1ccccc1)[C@@H](c1ccccc1)[C@H]2c1cccc2ccccc12. The van der Waals surface area contributed by atoms with Crippen molar-refractivity contribution >= 4 is 22.2 Å². The van der Waals surface area contributed by atoms with Crippen molar-refractivity contribution < 1.29 is 9.63 Å². The highest BCUT2D eigenvalue weighted by Crippen LogP contribution is 2.56. The lowest BCUT2D eigenvalue weighted by atomic mass is 9.70. The number of Topliss-reactive ketones (excluding diaryl/α,β-unsaturated/α-hetero) is 1. The van der Waals surface area contributed by atoms with Gasteiger partial charge in [0, 0.05) is 25.6 Å².